The molecule has 0 aliphatic carbocycles. The van der Waals surface area contributed by atoms with Crippen molar-refractivity contribution in [1.29, 1.82) is 0 Å². The smallest absolute Gasteiger partial charge is 0.243 e. The molecule has 0 spiro atoms. The van der Waals surface area contributed by atoms with E-state index in [1.165, 1.54) is 5.48 Å². The molecule has 6 heteroatoms. The van der Waals surface area contributed by atoms with Crippen LogP contribution in [0, 0.1) is 0 Å². The van der Waals surface area contributed by atoms with Crippen molar-refractivity contribution < 1.29 is 19.9 Å². The van der Waals surface area contributed by atoms with Gasteiger partial charge in [-0.05, 0) is 0 Å². The number of nitrogens with one attached hydrogen (secondary N) is 1. The average molecular weight is 164 g/mol. The van der Waals surface area contributed by atoms with Gasteiger partial charge in [-0.25, -0.2) is 5.48 Å². The largest absolute Gasteiger partial charge is 0.400 e. The molecule has 0 fully saturated rings. The van der Waals surface area contributed by atoms with Crippen LogP contribution in [0.1, 0.15) is 12.8 Å². The van der Waals surface area contributed by atoms with Crippen molar-refractivity contribution in [3.8, 4) is 0 Å². The number of hydrogen-bond acceptors (Lipinski definition) is 4. The Hall–Kier alpha value is -1.14. The first-order chi connectivity index (χ1) is 5.16. The molecule has 0 unspecified atom stereocenters. The second kappa shape index (κ2) is 8.86. The quantitative estimate of drug-likeness (QED) is 0.296. The van der Waals surface area contributed by atoms with Gasteiger partial charge in [0.05, 0.1) is 0 Å². The molecule has 0 aromatic heterocycles. The Morgan fingerprint density at radius 2 is 1.82 bits per heavy atom. The van der Waals surface area contributed by atoms with Crippen molar-refractivity contribution in [2.24, 2.45) is 5.73 Å². The van der Waals surface area contributed by atoms with Crippen LogP contribution in [0.5, 0.6) is 0 Å². The van der Waals surface area contributed by atoms with Crippen LogP contribution in [0.4, 0.5) is 0 Å². The predicted molar refractivity (Wildman–Crippen MR) is 36.5 cm³/mol. The average Bonchev–Trinajstić information content (AvgIpc) is 2.04. The standard InChI is InChI=1S/C4H8N2O3.CH4O/c5-3(7)1-2-4(8)6-9;1-2/h9H,1-2H2,(H2,5,7)(H,6,8);2H,1H3. The maximum atomic E-state index is 10.1. The van der Waals surface area contributed by atoms with E-state index in [0.29, 0.717) is 0 Å². The van der Waals surface area contributed by atoms with E-state index in [1.807, 2.05) is 0 Å². The number of hydroxylamine groups is 1. The number of primary amides is 1. The fourth-order valence-corrected chi connectivity index (χ4v) is 0.293. The summed E-state index contributed by atoms with van der Waals surface area (Å²) in [6, 6.07) is 0. The molecular formula is C5H12N2O4. The number of aliphatic hydroxyl groups excluding tert-OH is 1. The van der Waals surface area contributed by atoms with Crippen LogP contribution in [0.25, 0.3) is 0 Å². The first kappa shape index (κ1) is 12.5. The highest BCUT2D eigenvalue weighted by Gasteiger charge is 2.00. The van der Waals surface area contributed by atoms with E-state index in [-0.39, 0.29) is 12.8 Å². The lowest BCUT2D eigenvalue weighted by atomic mass is 10.3. The maximum absolute atomic E-state index is 10.1. The van der Waals surface area contributed by atoms with E-state index in [1.54, 1.807) is 0 Å². The lowest BCUT2D eigenvalue weighted by molar-refractivity contribution is -0.131. The van der Waals surface area contributed by atoms with E-state index < -0.39 is 11.8 Å². The fourth-order valence-electron chi connectivity index (χ4n) is 0.293. The molecule has 0 aliphatic rings. The third-order valence-electron chi connectivity index (χ3n) is 0.723. The van der Waals surface area contributed by atoms with Gasteiger partial charge in [0.1, 0.15) is 0 Å². The lowest BCUT2D eigenvalue weighted by Gasteiger charge is -1.92. The number of rotatable bonds is 3. The topological polar surface area (TPSA) is 113 Å². The Balaban J connectivity index is 0. The molecule has 0 aliphatic heterocycles. The van der Waals surface area contributed by atoms with Crippen molar-refractivity contribution in [3.05, 3.63) is 0 Å². The molecule has 6 nitrogen and oxygen atoms in total. The van der Waals surface area contributed by atoms with Gasteiger partial charge in [0.25, 0.3) is 0 Å². The second-order valence-electron chi connectivity index (χ2n) is 1.50. The van der Waals surface area contributed by atoms with Crippen molar-refractivity contribution in [2.75, 3.05) is 7.11 Å². The summed E-state index contributed by atoms with van der Waals surface area (Å²) in [6.45, 7) is 0. The Kier molecular flexibility index (Phi) is 10.1. The van der Waals surface area contributed by atoms with E-state index in [4.69, 9.17) is 16.0 Å². The Morgan fingerprint density at radius 1 is 1.36 bits per heavy atom. The number of amides is 2. The van der Waals surface area contributed by atoms with Gasteiger partial charge < -0.3 is 10.8 Å². The minimum absolute atomic E-state index is 0.0353. The normalized spacial score (nSPS) is 7.55. The van der Waals surface area contributed by atoms with Crippen LogP contribution in [-0.4, -0.2) is 29.2 Å². The third-order valence-corrected chi connectivity index (χ3v) is 0.723. The summed E-state index contributed by atoms with van der Waals surface area (Å²) in [6.07, 6.45) is -0.0990. The Bertz CT molecular complexity index is 126. The number of nitrogens with two attached hydrogens (primary N) is 1. The molecule has 2 amide bonds. The molecule has 0 aromatic rings. The zero-order valence-corrected chi connectivity index (χ0v) is 6.20. The van der Waals surface area contributed by atoms with Gasteiger partial charge in [0, 0.05) is 20.0 Å². The first-order valence-corrected chi connectivity index (χ1v) is 2.82. The third kappa shape index (κ3) is 12.1. The Morgan fingerprint density at radius 3 is 2.09 bits per heavy atom. The molecule has 0 atom stereocenters. The van der Waals surface area contributed by atoms with Crippen LogP contribution >= 0.6 is 0 Å². The van der Waals surface area contributed by atoms with Gasteiger partial charge in [-0.3, -0.25) is 14.8 Å². The highest BCUT2D eigenvalue weighted by Crippen LogP contribution is 1.84. The summed E-state index contributed by atoms with van der Waals surface area (Å²) in [4.78, 5) is 20.1. The maximum Gasteiger partial charge on any atom is 0.243 e. The van der Waals surface area contributed by atoms with E-state index >= 15 is 0 Å². The molecule has 0 radical (unpaired) electrons. The predicted octanol–water partition coefficient (Wildman–Crippen LogP) is -1.63. The molecule has 0 aromatic carbocycles. The monoisotopic (exact) mass is 164 g/mol. The molecule has 5 N–H and O–H groups in total. The van der Waals surface area contributed by atoms with Crippen molar-refractivity contribution in [2.45, 2.75) is 12.8 Å². The van der Waals surface area contributed by atoms with Crippen LogP contribution < -0.4 is 11.2 Å². The summed E-state index contributed by atoms with van der Waals surface area (Å²) < 4.78 is 0. The summed E-state index contributed by atoms with van der Waals surface area (Å²) in [5.41, 5.74) is 6.07. The van der Waals surface area contributed by atoms with E-state index in [2.05, 4.69) is 0 Å². The summed E-state index contributed by atoms with van der Waals surface area (Å²) in [5, 5.41) is 14.9. The van der Waals surface area contributed by atoms with Gasteiger partial charge in [0.2, 0.25) is 11.8 Å². The molecule has 0 bridgehead atoms. The minimum Gasteiger partial charge on any atom is -0.400 e. The summed E-state index contributed by atoms with van der Waals surface area (Å²) in [7, 11) is 1.00. The summed E-state index contributed by atoms with van der Waals surface area (Å²) >= 11 is 0. The van der Waals surface area contributed by atoms with Crippen LogP contribution in [0.2, 0.25) is 0 Å². The molecule has 0 heterocycles. The van der Waals surface area contributed by atoms with E-state index in [9.17, 15) is 9.59 Å². The lowest BCUT2D eigenvalue weighted by Crippen LogP contribution is -2.21. The van der Waals surface area contributed by atoms with Gasteiger partial charge in [-0.1, -0.05) is 0 Å². The van der Waals surface area contributed by atoms with Crippen molar-refractivity contribution >= 4 is 11.8 Å². The highest BCUT2D eigenvalue weighted by atomic mass is 16.5. The van der Waals surface area contributed by atoms with E-state index in [0.717, 1.165) is 7.11 Å². The molecule has 0 rings (SSSR count). The molecule has 11 heavy (non-hydrogen) atoms. The summed E-state index contributed by atoms with van der Waals surface area (Å²) in [5.74, 6) is -1.16. The second-order valence-corrected chi connectivity index (χ2v) is 1.50. The molecule has 0 saturated heterocycles. The number of carbonyl (C=O) groups excluding carboxylic acids is 2. The molecule has 66 valence electrons. The van der Waals surface area contributed by atoms with Crippen LogP contribution in [-0.2, 0) is 9.59 Å². The fraction of sp³-hybridized carbons (Fsp3) is 0.600. The van der Waals surface area contributed by atoms with Crippen molar-refractivity contribution in [3.63, 3.8) is 0 Å². The minimum atomic E-state index is -0.603. The number of aliphatic hydroxyl groups is 1. The van der Waals surface area contributed by atoms with Gasteiger partial charge in [-0.2, -0.15) is 0 Å². The van der Waals surface area contributed by atoms with Gasteiger partial charge in [0.15, 0.2) is 0 Å². The zero-order valence-electron chi connectivity index (χ0n) is 6.20. The number of hydrogen-bond donors (Lipinski definition) is 4. The SMILES string of the molecule is CO.NC(=O)CCC(=O)NO. The molecular weight excluding hydrogens is 152 g/mol. The van der Waals surface area contributed by atoms with Crippen LogP contribution in [0.15, 0.2) is 0 Å². The zero-order chi connectivity index (χ0) is 9.28. The Labute approximate surface area is 64.0 Å². The van der Waals surface area contributed by atoms with Crippen LogP contribution in [0.3, 0.4) is 0 Å². The number of carbonyl (C=O) groups is 2. The van der Waals surface area contributed by atoms with Gasteiger partial charge in [-0.15, -0.1) is 0 Å². The molecule has 0 saturated carbocycles. The first-order valence-electron chi connectivity index (χ1n) is 2.82. The van der Waals surface area contributed by atoms with Gasteiger partial charge >= 0.3 is 0 Å². The van der Waals surface area contributed by atoms with Crippen molar-refractivity contribution in [1.82, 2.24) is 5.48 Å². The highest BCUT2D eigenvalue weighted by molar-refractivity contribution is 5.82.